The Balaban J connectivity index is 2.01. The fraction of sp³-hybridized carbons (Fsp3) is 0.471. The molecule has 1 atom stereocenters. The minimum atomic E-state index is 0.191. The molecule has 0 aliphatic heterocycles. The molecular formula is C17H23N3. The molecule has 0 radical (unpaired) electrons. The van der Waals surface area contributed by atoms with Gasteiger partial charge in [-0.05, 0) is 36.4 Å². The molecule has 1 fully saturated rings. The summed E-state index contributed by atoms with van der Waals surface area (Å²) in [5, 5.41) is 3.60. The lowest BCUT2D eigenvalue weighted by molar-refractivity contribution is 0.413. The van der Waals surface area contributed by atoms with Crippen LogP contribution in [0.4, 0.5) is 0 Å². The summed E-state index contributed by atoms with van der Waals surface area (Å²) >= 11 is 0. The molecule has 3 nitrogen and oxygen atoms in total. The van der Waals surface area contributed by atoms with Crippen molar-refractivity contribution in [2.45, 2.75) is 38.1 Å². The van der Waals surface area contributed by atoms with Gasteiger partial charge in [0.05, 0.1) is 6.04 Å². The van der Waals surface area contributed by atoms with Crippen molar-refractivity contribution < 1.29 is 0 Å². The first-order chi connectivity index (χ1) is 9.81. The van der Waals surface area contributed by atoms with E-state index in [2.05, 4.69) is 53.1 Å². The third kappa shape index (κ3) is 2.38. The highest BCUT2D eigenvalue weighted by atomic mass is 15.1. The smallest absolute Gasteiger partial charge is 0.130 e. The first-order valence-corrected chi connectivity index (χ1v) is 7.60. The average Bonchev–Trinajstić information content (AvgIpc) is 2.81. The highest BCUT2D eigenvalue weighted by molar-refractivity contribution is 5.37. The lowest BCUT2D eigenvalue weighted by Gasteiger charge is -2.30. The molecule has 1 saturated carbocycles. The SMILES string of the molecule is CCNC(c1ccccc1C1CCC1)c1nccn1C. The summed E-state index contributed by atoms with van der Waals surface area (Å²) in [6, 6.07) is 9.06. The summed E-state index contributed by atoms with van der Waals surface area (Å²) in [6.07, 6.45) is 7.93. The molecule has 3 heteroatoms. The van der Waals surface area contributed by atoms with E-state index in [1.54, 1.807) is 0 Å². The third-order valence-corrected chi connectivity index (χ3v) is 4.38. The zero-order chi connectivity index (χ0) is 13.9. The van der Waals surface area contributed by atoms with Crippen LogP contribution in [0.5, 0.6) is 0 Å². The number of aryl methyl sites for hydroxylation is 1. The Morgan fingerprint density at radius 3 is 2.75 bits per heavy atom. The van der Waals surface area contributed by atoms with E-state index >= 15 is 0 Å². The molecule has 106 valence electrons. The Morgan fingerprint density at radius 2 is 2.15 bits per heavy atom. The highest BCUT2D eigenvalue weighted by Crippen LogP contribution is 2.40. The van der Waals surface area contributed by atoms with Crippen LogP contribution >= 0.6 is 0 Å². The van der Waals surface area contributed by atoms with E-state index in [1.165, 1.54) is 30.4 Å². The summed E-state index contributed by atoms with van der Waals surface area (Å²) in [5.41, 5.74) is 2.90. The molecule has 20 heavy (non-hydrogen) atoms. The van der Waals surface area contributed by atoms with E-state index in [0.717, 1.165) is 18.3 Å². The minimum Gasteiger partial charge on any atom is -0.336 e. The van der Waals surface area contributed by atoms with Gasteiger partial charge in [0.25, 0.3) is 0 Å². The second-order valence-electron chi connectivity index (χ2n) is 5.64. The molecule has 0 spiro atoms. The minimum absolute atomic E-state index is 0.191. The Morgan fingerprint density at radius 1 is 1.35 bits per heavy atom. The standard InChI is InChI=1S/C17H23N3/c1-3-18-16(17-19-11-12-20(17)2)15-10-5-4-9-14(15)13-7-6-8-13/h4-5,9-13,16,18H,3,6-8H2,1-2H3. The molecular weight excluding hydrogens is 246 g/mol. The topological polar surface area (TPSA) is 29.9 Å². The van der Waals surface area contributed by atoms with Gasteiger partial charge in [-0.3, -0.25) is 0 Å². The quantitative estimate of drug-likeness (QED) is 0.901. The molecule has 1 N–H and O–H groups in total. The van der Waals surface area contributed by atoms with Crippen LogP contribution in [0, 0.1) is 0 Å². The molecule has 1 aliphatic rings. The first kappa shape index (κ1) is 13.4. The van der Waals surface area contributed by atoms with Crippen molar-refractivity contribution >= 4 is 0 Å². The molecule has 2 aromatic rings. The third-order valence-electron chi connectivity index (χ3n) is 4.38. The lowest BCUT2D eigenvalue weighted by atomic mass is 9.77. The number of imidazole rings is 1. The molecule has 1 aliphatic carbocycles. The Hall–Kier alpha value is -1.61. The number of rotatable bonds is 5. The molecule has 0 saturated heterocycles. The summed E-state index contributed by atoms with van der Waals surface area (Å²) in [5.74, 6) is 1.84. The maximum Gasteiger partial charge on any atom is 0.130 e. The van der Waals surface area contributed by atoms with Gasteiger partial charge in [-0.2, -0.15) is 0 Å². The van der Waals surface area contributed by atoms with Gasteiger partial charge in [0.1, 0.15) is 5.82 Å². The van der Waals surface area contributed by atoms with Crippen molar-refractivity contribution in [3.63, 3.8) is 0 Å². The number of benzene rings is 1. The van der Waals surface area contributed by atoms with Gasteiger partial charge >= 0.3 is 0 Å². The van der Waals surface area contributed by atoms with E-state index in [9.17, 15) is 0 Å². The predicted octanol–water partition coefficient (Wildman–Crippen LogP) is 3.39. The fourth-order valence-corrected chi connectivity index (χ4v) is 3.06. The van der Waals surface area contributed by atoms with E-state index < -0.39 is 0 Å². The Labute approximate surface area is 121 Å². The number of aromatic nitrogens is 2. The van der Waals surface area contributed by atoms with Crippen LogP contribution in [0.3, 0.4) is 0 Å². The van der Waals surface area contributed by atoms with E-state index in [0.29, 0.717) is 0 Å². The maximum atomic E-state index is 4.56. The zero-order valence-corrected chi connectivity index (χ0v) is 12.3. The summed E-state index contributed by atoms with van der Waals surface area (Å²) in [7, 11) is 2.07. The second kappa shape index (κ2) is 5.80. The van der Waals surface area contributed by atoms with Crippen molar-refractivity contribution in [2.75, 3.05) is 6.54 Å². The Bertz CT molecular complexity index is 569. The largest absolute Gasteiger partial charge is 0.336 e. The van der Waals surface area contributed by atoms with E-state index in [1.807, 2.05) is 12.4 Å². The predicted molar refractivity (Wildman–Crippen MR) is 81.8 cm³/mol. The van der Waals surface area contributed by atoms with Gasteiger partial charge in [-0.15, -0.1) is 0 Å². The van der Waals surface area contributed by atoms with Crippen LogP contribution in [0.2, 0.25) is 0 Å². The first-order valence-electron chi connectivity index (χ1n) is 7.60. The van der Waals surface area contributed by atoms with Crippen LogP contribution in [-0.2, 0) is 7.05 Å². The van der Waals surface area contributed by atoms with Crippen LogP contribution < -0.4 is 5.32 Å². The van der Waals surface area contributed by atoms with Crippen LogP contribution in [0.25, 0.3) is 0 Å². The zero-order valence-electron chi connectivity index (χ0n) is 12.3. The summed E-state index contributed by atoms with van der Waals surface area (Å²) in [6.45, 7) is 3.10. The number of nitrogens with zero attached hydrogens (tertiary/aromatic N) is 2. The number of hydrogen-bond acceptors (Lipinski definition) is 2. The molecule has 1 aromatic heterocycles. The Kier molecular flexibility index (Phi) is 3.88. The van der Waals surface area contributed by atoms with Gasteiger partial charge < -0.3 is 9.88 Å². The van der Waals surface area contributed by atoms with Gasteiger partial charge in [0.2, 0.25) is 0 Å². The van der Waals surface area contributed by atoms with E-state index in [-0.39, 0.29) is 6.04 Å². The highest BCUT2D eigenvalue weighted by Gasteiger charge is 2.26. The van der Waals surface area contributed by atoms with Crippen molar-refractivity contribution in [3.8, 4) is 0 Å². The van der Waals surface area contributed by atoms with Crippen molar-refractivity contribution in [1.82, 2.24) is 14.9 Å². The normalized spacial score (nSPS) is 16.9. The number of hydrogen-bond donors (Lipinski definition) is 1. The molecule has 1 aromatic carbocycles. The van der Waals surface area contributed by atoms with Crippen molar-refractivity contribution in [3.05, 3.63) is 53.6 Å². The van der Waals surface area contributed by atoms with Crippen LogP contribution in [-0.4, -0.2) is 16.1 Å². The van der Waals surface area contributed by atoms with E-state index in [4.69, 9.17) is 0 Å². The molecule has 0 bridgehead atoms. The van der Waals surface area contributed by atoms with Gasteiger partial charge in [-0.1, -0.05) is 37.6 Å². The van der Waals surface area contributed by atoms with Crippen LogP contribution in [0.1, 0.15) is 55.1 Å². The molecule has 1 heterocycles. The lowest BCUT2D eigenvalue weighted by Crippen LogP contribution is -2.27. The van der Waals surface area contributed by atoms with Gasteiger partial charge in [0.15, 0.2) is 0 Å². The summed E-state index contributed by atoms with van der Waals surface area (Å²) < 4.78 is 2.12. The average molecular weight is 269 g/mol. The molecule has 1 unspecified atom stereocenters. The van der Waals surface area contributed by atoms with Gasteiger partial charge in [0, 0.05) is 19.4 Å². The summed E-state index contributed by atoms with van der Waals surface area (Å²) in [4.78, 5) is 4.56. The second-order valence-corrected chi connectivity index (χ2v) is 5.64. The maximum absolute atomic E-state index is 4.56. The number of nitrogens with one attached hydrogen (secondary N) is 1. The van der Waals surface area contributed by atoms with Crippen molar-refractivity contribution in [2.24, 2.45) is 7.05 Å². The molecule has 0 amide bonds. The monoisotopic (exact) mass is 269 g/mol. The fourth-order valence-electron chi connectivity index (χ4n) is 3.06. The van der Waals surface area contributed by atoms with Crippen molar-refractivity contribution in [1.29, 1.82) is 0 Å². The molecule has 3 rings (SSSR count). The van der Waals surface area contributed by atoms with Crippen LogP contribution in [0.15, 0.2) is 36.7 Å². The van der Waals surface area contributed by atoms with Gasteiger partial charge in [-0.25, -0.2) is 4.98 Å².